The highest BCUT2D eigenvalue weighted by Gasteiger charge is 2.24. The summed E-state index contributed by atoms with van der Waals surface area (Å²) >= 11 is 0. The van der Waals surface area contributed by atoms with Crippen LogP contribution in [0, 0.1) is 6.92 Å². The Labute approximate surface area is 208 Å². The minimum absolute atomic E-state index is 0.00380. The van der Waals surface area contributed by atoms with E-state index in [-0.39, 0.29) is 11.4 Å². The number of aromatic hydroxyl groups is 1. The van der Waals surface area contributed by atoms with Gasteiger partial charge in [0.1, 0.15) is 17.6 Å². The van der Waals surface area contributed by atoms with E-state index in [0.29, 0.717) is 31.1 Å². The van der Waals surface area contributed by atoms with Crippen molar-refractivity contribution >= 4 is 34.2 Å². The third-order valence-electron chi connectivity index (χ3n) is 5.40. The van der Waals surface area contributed by atoms with Crippen LogP contribution in [0.15, 0.2) is 47.4 Å². The second-order valence-corrected chi connectivity index (χ2v) is 9.96. The van der Waals surface area contributed by atoms with Crippen molar-refractivity contribution in [3.8, 4) is 5.75 Å². The summed E-state index contributed by atoms with van der Waals surface area (Å²) in [5.74, 6) is -4.44. The lowest BCUT2D eigenvalue weighted by molar-refractivity contribution is -0.138. The zero-order chi connectivity index (χ0) is 26.9. The van der Waals surface area contributed by atoms with Crippen LogP contribution in [-0.2, 0) is 24.4 Å². The van der Waals surface area contributed by atoms with Crippen molar-refractivity contribution in [2.24, 2.45) is 0 Å². The fourth-order valence-electron chi connectivity index (χ4n) is 3.47. The van der Waals surface area contributed by atoms with Crippen LogP contribution in [-0.4, -0.2) is 60.5 Å². The average Bonchev–Trinajstić information content (AvgIpc) is 2.81. The Bertz CT molecular complexity index is 1210. The highest BCUT2D eigenvalue weighted by Crippen LogP contribution is 2.24. The monoisotopic (exact) mass is 520 g/mol. The number of unbranched alkanes of at least 4 members (excludes halogenated alkanes) is 1. The van der Waals surface area contributed by atoms with Crippen LogP contribution in [0.3, 0.4) is 0 Å². The number of hydrogen-bond acceptors (Lipinski definition) is 7. The molecule has 2 aromatic rings. The standard InChI is InChI=1S/C24H28N2O9S/c1-15-5-7-16(8-6-15)19(23(31)26-17(14-27)12-22(29)30)4-2-3-11-25-36(34,35)18-9-10-21(28)20(13-18)24(32)33/h5-10,13-14,17,19,25,28H,2-4,11-12H2,1H3,(H,26,31)(H,29,30)(H,32,33)/t17-,19?/m0/s1. The van der Waals surface area contributed by atoms with Crippen molar-refractivity contribution < 1.29 is 42.9 Å². The van der Waals surface area contributed by atoms with Crippen molar-refractivity contribution in [1.29, 1.82) is 0 Å². The fraction of sp³-hybridized carbons (Fsp3) is 0.333. The smallest absolute Gasteiger partial charge is 0.339 e. The number of carbonyl (C=O) groups excluding carboxylic acids is 2. The third kappa shape index (κ3) is 8.17. The van der Waals surface area contributed by atoms with Gasteiger partial charge in [-0.25, -0.2) is 17.9 Å². The van der Waals surface area contributed by atoms with Gasteiger partial charge in [-0.3, -0.25) is 9.59 Å². The largest absolute Gasteiger partial charge is 0.507 e. The van der Waals surface area contributed by atoms with Crippen molar-refractivity contribution in [2.45, 2.75) is 49.5 Å². The molecule has 0 aliphatic heterocycles. The molecule has 0 bridgehead atoms. The Balaban J connectivity index is 2.02. The Morgan fingerprint density at radius 1 is 1.03 bits per heavy atom. The second kappa shape index (κ2) is 12.8. The van der Waals surface area contributed by atoms with Crippen LogP contribution in [0.5, 0.6) is 5.75 Å². The van der Waals surface area contributed by atoms with Crippen LogP contribution >= 0.6 is 0 Å². The number of carbonyl (C=O) groups is 4. The minimum atomic E-state index is -4.04. The number of aldehydes is 1. The molecule has 12 heteroatoms. The van der Waals surface area contributed by atoms with Gasteiger partial charge in [0, 0.05) is 6.54 Å². The molecule has 0 radical (unpaired) electrons. The summed E-state index contributed by atoms with van der Waals surface area (Å²) < 4.78 is 27.3. The van der Waals surface area contributed by atoms with Crippen molar-refractivity contribution in [3.63, 3.8) is 0 Å². The molecule has 11 nitrogen and oxygen atoms in total. The van der Waals surface area contributed by atoms with E-state index in [1.165, 1.54) is 0 Å². The molecule has 5 N–H and O–H groups in total. The summed E-state index contributed by atoms with van der Waals surface area (Å²) in [5, 5.41) is 30.0. The van der Waals surface area contributed by atoms with Gasteiger partial charge in [-0.2, -0.15) is 0 Å². The molecule has 2 atom stereocenters. The lowest BCUT2D eigenvalue weighted by atomic mass is 9.91. The highest BCUT2D eigenvalue weighted by atomic mass is 32.2. The van der Waals surface area contributed by atoms with Crippen LogP contribution in [0.25, 0.3) is 0 Å². The number of hydrogen-bond donors (Lipinski definition) is 5. The van der Waals surface area contributed by atoms with Gasteiger partial charge in [0.2, 0.25) is 15.9 Å². The van der Waals surface area contributed by atoms with Crippen LogP contribution in [0.2, 0.25) is 0 Å². The number of rotatable bonds is 14. The lowest BCUT2D eigenvalue weighted by Crippen LogP contribution is -2.40. The Hall–Kier alpha value is -3.77. The number of aryl methyl sites for hydroxylation is 1. The van der Waals surface area contributed by atoms with E-state index in [1.807, 2.05) is 19.1 Å². The molecular weight excluding hydrogens is 492 g/mol. The molecule has 0 aliphatic rings. The molecule has 0 aliphatic carbocycles. The number of carboxylic acid groups (broad SMARTS) is 2. The molecule has 2 aromatic carbocycles. The Morgan fingerprint density at radius 3 is 2.28 bits per heavy atom. The second-order valence-electron chi connectivity index (χ2n) is 8.19. The number of nitrogens with one attached hydrogen (secondary N) is 2. The number of carboxylic acids is 2. The molecule has 0 spiro atoms. The minimum Gasteiger partial charge on any atom is -0.507 e. The third-order valence-corrected chi connectivity index (χ3v) is 6.86. The summed E-state index contributed by atoms with van der Waals surface area (Å²) in [4.78, 5) is 45.8. The number of sulfonamides is 1. The fourth-order valence-corrected chi connectivity index (χ4v) is 4.57. The van der Waals surface area contributed by atoms with E-state index in [2.05, 4.69) is 10.0 Å². The molecule has 0 saturated heterocycles. The first-order valence-corrected chi connectivity index (χ1v) is 12.5. The first kappa shape index (κ1) is 28.5. The summed E-state index contributed by atoms with van der Waals surface area (Å²) in [7, 11) is -4.04. The summed E-state index contributed by atoms with van der Waals surface area (Å²) in [6.45, 7) is 1.89. The molecule has 194 valence electrons. The zero-order valence-corrected chi connectivity index (χ0v) is 20.3. The van der Waals surface area contributed by atoms with Gasteiger partial charge < -0.3 is 25.4 Å². The molecular formula is C24H28N2O9S. The molecule has 1 amide bonds. The van der Waals surface area contributed by atoms with E-state index in [0.717, 1.165) is 23.8 Å². The molecule has 0 fully saturated rings. The molecule has 36 heavy (non-hydrogen) atoms. The van der Waals surface area contributed by atoms with Crippen LogP contribution in [0.4, 0.5) is 0 Å². The maximum Gasteiger partial charge on any atom is 0.339 e. The first-order chi connectivity index (χ1) is 16.9. The van der Waals surface area contributed by atoms with E-state index in [9.17, 15) is 32.7 Å². The number of benzene rings is 2. The van der Waals surface area contributed by atoms with Gasteiger partial charge in [-0.15, -0.1) is 0 Å². The van der Waals surface area contributed by atoms with Gasteiger partial charge in [0.25, 0.3) is 0 Å². The maximum atomic E-state index is 12.9. The molecule has 0 saturated carbocycles. The lowest BCUT2D eigenvalue weighted by Gasteiger charge is -2.20. The normalized spacial score (nSPS) is 12.9. The van der Waals surface area contributed by atoms with Crippen molar-refractivity contribution in [2.75, 3.05) is 6.54 Å². The van der Waals surface area contributed by atoms with Crippen molar-refractivity contribution in [1.82, 2.24) is 10.0 Å². The summed E-state index contributed by atoms with van der Waals surface area (Å²) in [6.07, 6.45) is 0.877. The van der Waals surface area contributed by atoms with E-state index < -0.39 is 57.6 Å². The number of aromatic carboxylic acids is 1. The van der Waals surface area contributed by atoms with E-state index in [1.54, 1.807) is 12.1 Å². The molecule has 2 rings (SSSR count). The number of phenols is 1. The van der Waals surface area contributed by atoms with Crippen molar-refractivity contribution in [3.05, 3.63) is 59.2 Å². The zero-order valence-electron chi connectivity index (χ0n) is 19.5. The molecule has 0 heterocycles. The van der Waals surface area contributed by atoms with Gasteiger partial charge in [-0.05, 0) is 43.5 Å². The predicted octanol–water partition coefficient (Wildman–Crippen LogP) is 1.79. The number of amides is 1. The van der Waals surface area contributed by atoms with Crippen LogP contribution in [0.1, 0.15) is 53.1 Å². The van der Waals surface area contributed by atoms with Crippen LogP contribution < -0.4 is 10.0 Å². The average molecular weight is 521 g/mol. The SMILES string of the molecule is Cc1ccc(C(CCCCNS(=O)(=O)c2ccc(O)c(C(=O)O)c2)C(=O)N[C@H](C=O)CC(=O)O)cc1. The van der Waals surface area contributed by atoms with Gasteiger partial charge in [-0.1, -0.05) is 36.2 Å². The van der Waals surface area contributed by atoms with Gasteiger partial charge in [0.05, 0.1) is 23.3 Å². The quantitative estimate of drug-likeness (QED) is 0.183. The van der Waals surface area contributed by atoms with E-state index >= 15 is 0 Å². The summed E-state index contributed by atoms with van der Waals surface area (Å²) in [5.41, 5.74) is 1.11. The number of aliphatic carboxylic acids is 1. The van der Waals surface area contributed by atoms with Gasteiger partial charge in [0.15, 0.2) is 0 Å². The Kier molecular flexibility index (Phi) is 10.1. The van der Waals surface area contributed by atoms with Gasteiger partial charge >= 0.3 is 11.9 Å². The summed E-state index contributed by atoms with van der Waals surface area (Å²) in [6, 6.07) is 8.93. The predicted molar refractivity (Wildman–Crippen MR) is 128 cm³/mol. The topological polar surface area (TPSA) is 187 Å². The first-order valence-electron chi connectivity index (χ1n) is 11.0. The molecule has 0 aromatic heterocycles. The Morgan fingerprint density at radius 2 is 1.69 bits per heavy atom. The molecule has 1 unspecified atom stereocenters. The maximum absolute atomic E-state index is 12.9. The van der Waals surface area contributed by atoms with E-state index in [4.69, 9.17) is 10.2 Å². The highest BCUT2D eigenvalue weighted by molar-refractivity contribution is 7.89.